The van der Waals surface area contributed by atoms with Gasteiger partial charge in [-0.2, -0.15) is 0 Å². The lowest BCUT2D eigenvalue weighted by Gasteiger charge is -2.11. The van der Waals surface area contributed by atoms with Crippen molar-refractivity contribution in [1.82, 2.24) is 5.32 Å². The maximum Gasteiger partial charge on any atom is 0.105 e. The molecule has 0 fully saturated rings. The van der Waals surface area contributed by atoms with Crippen LogP contribution in [0.5, 0.6) is 0 Å². The SMILES string of the molecule is CCC1=C/C=C(\C)OCCN\C(C)=C\1. The van der Waals surface area contributed by atoms with Crippen LogP contribution in [0.4, 0.5) is 0 Å². The Hall–Kier alpha value is -1.18. The monoisotopic (exact) mass is 193 g/mol. The Morgan fingerprint density at radius 3 is 2.86 bits per heavy atom. The summed E-state index contributed by atoms with van der Waals surface area (Å²) in [5.41, 5.74) is 2.52. The average Bonchev–Trinajstić information content (AvgIpc) is 2.18. The second-order valence-corrected chi connectivity index (χ2v) is 3.48. The third-order valence-electron chi connectivity index (χ3n) is 2.18. The van der Waals surface area contributed by atoms with Crippen LogP contribution in [0, 0.1) is 0 Å². The molecule has 0 aliphatic carbocycles. The minimum Gasteiger partial charge on any atom is -0.496 e. The van der Waals surface area contributed by atoms with E-state index in [1.54, 1.807) is 0 Å². The Bertz CT molecular complexity index is 274. The lowest BCUT2D eigenvalue weighted by molar-refractivity contribution is 0.217. The number of ether oxygens (including phenoxy) is 1. The summed E-state index contributed by atoms with van der Waals surface area (Å²) < 4.78 is 5.49. The van der Waals surface area contributed by atoms with E-state index >= 15 is 0 Å². The molecule has 1 aliphatic rings. The fraction of sp³-hybridized carbons (Fsp3) is 0.500. The van der Waals surface area contributed by atoms with Gasteiger partial charge in [0.1, 0.15) is 6.61 Å². The van der Waals surface area contributed by atoms with Gasteiger partial charge in [-0.15, -0.1) is 0 Å². The molecule has 0 bridgehead atoms. The van der Waals surface area contributed by atoms with Gasteiger partial charge in [-0.25, -0.2) is 0 Å². The summed E-state index contributed by atoms with van der Waals surface area (Å²) in [6.07, 6.45) is 7.39. The zero-order valence-corrected chi connectivity index (χ0v) is 9.26. The van der Waals surface area contributed by atoms with Crippen molar-refractivity contribution in [3.8, 4) is 0 Å². The van der Waals surface area contributed by atoms with Crippen LogP contribution in [0.2, 0.25) is 0 Å². The highest BCUT2D eigenvalue weighted by molar-refractivity contribution is 5.26. The van der Waals surface area contributed by atoms with E-state index in [1.165, 1.54) is 11.3 Å². The van der Waals surface area contributed by atoms with Gasteiger partial charge in [0.05, 0.1) is 5.76 Å². The van der Waals surface area contributed by atoms with Gasteiger partial charge in [0.15, 0.2) is 0 Å². The van der Waals surface area contributed by atoms with Gasteiger partial charge in [-0.1, -0.05) is 13.0 Å². The molecule has 1 rings (SSSR count). The van der Waals surface area contributed by atoms with Gasteiger partial charge in [0.2, 0.25) is 0 Å². The molecule has 0 spiro atoms. The molecular formula is C12H19NO. The topological polar surface area (TPSA) is 21.3 Å². The quantitative estimate of drug-likeness (QED) is 0.691. The molecule has 1 N–H and O–H groups in total. The Morgan fingerprint density at radius 2 is 2.14 bits per heavy atom. The first-order chi connectivity index (χ1) is 6.72. The van der Waals surface area contributed by atoms with Crippen molar-refractivity contribution in [1.29, 1.82) is 0 Å². The molecule has 0 atom stereocenters. The van der Waals surface area contributed by atoms with Gasteiger partial charge in [0.25, 0.3) is 0 Å². The molecule has 0 radical (unpaired) electrons. The average molecular weight is 193 g/mol. The largest absolute Gasteiger partial charge is 0.496 e. The Balaban J connectivity index is 2.84. The van der Waals surface area contributed by atoms with Crippen LogP contribution in [0.25, 0.3) is 0 Å². The van der Waals surface area contributed by atoms with E-state index in [0.29, 0.717) is 0 Å². The summed E-state index contributed by atoms with van der Waals surface area (Å²) in [5.74, 6) is 0.978. The molecule has 0 aromatic carbocycles. The molecule has 78 valence electrons. The predicted octanol–water partition coefficient (Wildman–Crippen LogP) is 2.75. The maximum absolute atomic E-state index is 5.49. The van der Waals surface area contributed by atoms with Crippen LogP contribution in [0.1, 0.15) is 27.2 Å². The molecule has 0 saturated carbocycles. The van der Waals surface area contributed by atoms with E-state index in [-0.39, 0.29) is 0 Å². The zero-order chi connectivity index (χ0) is 10.4. The third kappa shape index (κ3) is 3.69. The molecule has 0 aromatic rings. The first-order valence-electron chi connectivity index (χ1n) is 5.15. The van der Waals surface area contributed by atoms with Crippen LogP contribution in [-0.4, -0.2) is 13.2 Å². The summed E-state index contributed by atoms with van der Waals surface area (Å²) in [5, 5.41) is 3.31. The summed E-state index contributed by atoms with van der Waals surface area (Å²) in [6, 6.07) is 0. The van der Waals surface area contributed by atoms with Crippen molar-refractivity contribution < 1.29 is 4.74 Å². The van der Waals surface area contributed by atoms with E-state index < -0.39 is 0 Å². The van der Waals surface area contributed by atoms with Crippen molar-refractivity contribution >= 4 is 0 Å². The normalized spacial score (nSPS) is 29.5. The standard InChI is InChI=1S/C12H19NO/c1-4-12-6-5-11(3)14-8-7-13-10(2)9-12/h5-6,9,13H,4,7-8H2,1-3H3/b10-9+,11-5+,12-6-. The van der Waals surface area contributed by atoms with Crippen LogP contribution < -0.4 is 5.32 Å². The highest BCUT2D eigenvalue weighted by Crippen LogP contribution is 2.08. The lowest BCUT2D eigenvalue weighted by atomic mass is 10.1. The second kappa shape index (κ2) is 5.53. The smallest absolute Gasteiger partial charge is 0.105 e. The minimum atomic E-state index is 0.725. The number of hydrogen-bond donors (Lipinski definition) is 1. The third-order valence-corrected chi connectivity index (χ3v) is 2.18. The van der Waals surface area contributed by atoms with Crippen LogP contribution >= 0.6 is 0 Å². The molecule has 2 heteroatoms. The lowest BCUT2D eigenvalue weighted by Crippen LogP contribution is -2.17. The van der Waals surface area contributed by atoms with Crippen LogP contribution in [0.3, 0.4) is 0 Å². The van der Waals surface area contributed by atoms with Crippen LogP contribution in [-0.2, 0) is 4.74 Å². The summed E-state index contributed by atoms with van der Waals surface area (Å²) in [6.45, 7) is 7.82. The van der Waals surface area contributed by atoms with Crippen molar-refractivity contribution in [3.05, 3.63) is 35.3 Å². The molecule has 14 heavy (non-hydrogen) atoms. The maximum atomic E-state index is 5.49. The number of nitrogens with one attached hydrogen (secondary N) is 1. The number of rotatable bonds is 1. The number of allylic oxidation sites excluding steroid dienone is 6. The predicted molar refractivity (Wildman–Crippen MR) is 59.8 cm³/mol. The molecule has 0 amide bonds. The zero-order valence-electron chi connectivity index (χ0n) is 9.26. The van der Waals surface area contributed by atoms with Crippen molar-refractivity contribution in [2.24, 2.45) is 0 Å². The highest BCUT2D eigenvalue weighted by atomic mass is 16.5. The highest BCUT2D eigenvalue weighted by Gasteiger charge is 1.96. The van der Waals surface area contributed by atoms with Crippen molar-refractivity contribution in [2.75, 3.05) is 13.2 Å². The second-order valence-electron chi connectivity index (χ2n) is 3.48. The van der Waals surface area contributed by atoms with Gasteiger partial charge in [-0.3, -0.25) is 0 Å². The summed E-state index contributed by atoms with van der Waals surface area (Å²) in [7, 11) is 0. The molecule has 0 aromatic heterocycles. The first-order valence-corrected chi connectivity index (χ1v) is 5.15. The Labute approximate surface area is 86.3 Å². The fourth-order valence-electron chi connectivity index (χ4n) is 1.33. The Kier molecular flexibility index (Phi) is 4.30. The molecule has 1 aliphatic heterocycles. The van der Waals surface area contributed by atoms with Gasteiger partial charge in [0, 0.05) is 12.2 Å². The van der Waals surface area contributed by atoms with E-state index in [2.05, 4.69) is 31.3 Å². The van der Waals surface area contributed by atoms with Gasteiger partial charge in [-0.05, 0) is 38.0 Å². The fourth-order valence-corrected chi connectivity index (χ4v) is 1.33. The van der Waals surface area contributed by atoms with E-state index in [0.717, 1.165) is 25.3 Å². The number of hydrogen-bond acceptors (Lipinski definition) is 2. The van der Waals surface area contributed by atoms with Crippen molar-refractivity contribution in [2.45, 2.75) is 27.2 Å². The molecule has 2 nitrogen and oxygen atoms in total. The Morgan fingerprint density at radius 1 is 1.36 bits per heavy atom. The molecule has 1 heterocycles. The molecular weight excluding hydrogens is 174 g/mol. The van der Waals surface area contributed by atoms with Crippen molar-refractivity contribution in [3.63, 3.8) is 0 Å². The van der Waals surface area contributed by atoms with Gasteiger partial charge >= 0.3 is 0 Å². The molecule has 0 saturated heterocycles. The summed E-state index contributed by atoms with van der Waals surface area (Å²) >= 11 is 0. The summed E-state index contributed by atoms with van der Waals surface area (Å²) in [4.78, 5) is 0. The first kappa shape index (κ1) is 10.9. The van der Waals surface area contributed by atoms with Gasteiger partial charge < -0.3 is 10.1 Å². The van der Waals surface area contributed by atoms with E-state index in [9.17, 15) is 0 Å². The van der Waals surface area contributed by atoms with E-state index in [4.69, 9.17) is 4.74 Å². The van der Waals surface area contributed by atoms with E-state index in [1.807, 2.05) is 13.0 Å². The minimum absolute atomic E-state index is 0.725. The molecule has 0 unspecified atom stereocenters. The van der Waals surface area contributed by atoms with Crippen LogP contribution in [0.15, 0.2) is 35.3 Å².